The number of hydrogen-bond donors (Lipinski definition) is 0. The van der Waals surface area contributed by atoms with Crippen molar-refractivity contribution in [3.63, 3.8) is 0 Å². The van der Waals surface area contributed by atoms with Crippen molar-refractivity contribution in [1.82, 2.24) is 0 Å². The minimum atomic E-state index is 0.856. The molecule has 13 heavy (non-hydrogen) atoms. The van der Waals surface area contributed by atoms with Gasteiger partial charge in [-0.3, -0.25) is 0 Å². The van der Waals surface area contributed by atoms with E-state index in [9.17, 15) is 0 Å². The maximum Gasteiger partial charge on any atom is 0.119 e. The van der Waals surface area contributed by atoms with Crippen molar-refractivity contribution in [2.75, 3.05) is 6.61 Å². The minimum Gasteiger partial charge on any atom is -0.494 e. The second-order valence-corrected chi connectivity index (χ2v) is 3.63. The molecule has 1 aromatic rings. The van der Waals surface area contributed by atoms with Crippen molar-refractivity contribution < 1.29 is 4.74 Å². The summed E-state index contributed by atoms with van der Waals surface area (Å²) in [6.45, 7) is 3.04. The van der Waals surface area contributed by atoms with E-state index in [-0.39, 0.29) is 0 Å². The highest BCUT2D eigenvalue weighted by Gasteiger charge is 2.12. The number of rotatable bonds is 4. The summed E-state index contributed by atoms with van der Waals surface area (Å²) in [5.74, 6) is 1.05. The van der Waals surface area contributed by atoms with Crippen molar-refractivity contribution in [2.45, 2.75) is 32.6 Å². The van der Waals surface area contributed by atoms with E-state index in [0.29, 0.717) is 0 Å². The largest absolute Gasteiger partial charge is 0.494 e. The van der Waals surface area contributed by atoms with Crippen LogP contribution >= 0.6 is 0 Å². The Kier molecular flexibility index (Phi) is 2.53. The summed E-state index contributed by atoms with van der Waals surface area (Å²) >= 11 is 0. The van der Waals surface area contributed by atoms with E-state index in [2.05, 4.69) is 25.1 Å². The van der Waals surface area contributed by atoms with E-state index >= 15 is 0 Å². The Labute approximate surface area is 79.7 Å². The molecule has 1 aliphatic carbocycles. The molecule has 1 heteroatoms. The van der Waals surface area contributed by atoms with E-state index in [1.807, 2.05) is 0 Å². The number of fused-ring (bicyclic) bond motifs is 1. The molecule has 0 unspecified atom stereocenters. The van der Waals surface area contributed by atoms with Crippen LogP contribution in [0.25, 0.3) is 0 Å². The lowest BCUT2D eigenvalue weighted by Crippen LogP contribution is -2.08. The second-order valence-electron chi connectivity index (χ2n) is 3.63. The van der Waals surface area contributed by atoms with Crippen LogP contribution in [0.3, 0.4) is 0 Å². The zero-order valence-electron chi connectivity index (χ0n) is 8.18. The average Bonchev–Trinajstić information content (AvgIpc) is 2.10. The molecule has 0 N–H and O–H groups in total. The third-order valence-electron chi connectivity index (χ3n) is 2.61. The quantitative estimate of drug-likeness (QED) is 0.641. The number of hydrogen-bond acceptors (Lipinski definition) is 1. The van der Waals surface area contributed by atoms with Crippen LogP contribution in [-0.2, 0) is 12.8 Å². The molecule has 70 valence electrons. The average molecular weight is 176 g/mol. The van der Waals surface area contributed by atoms with Gasteiger partial charge >= 0.3 is 0 Å². The molecule has 0 atom stereocenters. The molecule has 0 fully saturated rings. The highest BCUT2D eigenvalue weighted by Crippen LogP contribution is 2.26. The van der Waals surface area contributed by atoms with Crippen molar-refractivity contribution in [2.24, 2.45) is 0 Å². The van der Waals surface area contributed by atoms with Crippen LogP contribution in [0.4, 0.5) is 0 Å². The number of aryl methyl sites for hydroxylation is 2. The maximum atomic E-state index is 5.62. The van der Waals surface area contributed by atoms with Crippen LogP contribution in [0, 0.1) is 0 Å². The molecule has 2 rings (SSSR count). The van der Waals surface area contributed by atoms with Crippen LogP contribution in [0.2, 0.25) is 0 Å². The van der Waals surface area contributed by atoms with Gasteiger partial charge in [-0.05, 0) is 42.5 Å². The molecule has 1 aliphatic rings. The predicted octanol–water partition coefficient (Wildman–Crippen LogP) is 2.96. The fourth-order valence-corrected chi connectivity index (χ4v) is 1.60. The minimum absolute atomic E-state index is 0.856. The van der Waals surface area contributed by atoms with Gasteiger partial charge in [-0.2, -0.15) is 0 Å². The van der Waals surface area contributed by atoms with Crippen LogP contribution in [-0.4, -0.2) is 6.61 Å². The van der Waals surface area contributed by atoms with E-state index in [1.54, 1.807) is 0 Å². The van der Waals surface area contributed by atoms with Crippen LogP contribution in [0.1, 0.15) is 30.9 Å². The molecule has 0 aromatic heterocycles. The summed E-state index contributed by atoms with van der Waals surface area (Å²) in [5, 5.41) is 0. The van der Waals surface area contributed by atoms with E-state index in [0.717, 1.165) is 18.8 Å². The SMILES string of the molecule is CCCCOc1ccc2c(c1)CC2. The van der Waals surface area contributed by atoms with E-state index in [1.165, 1.54) is 30.4 Å². The summed E-state index contributed by atoms with van der Waals surface area (Å²) in [7, 11) is 0. The Hall–Kier alpha value is -0.980. The van der Waals surface area contributed by atoms with Gasteiger partial charge in [0.25, 0.3) is 0 Å². The molecule has 0 amide bonds. The van der Waals surface area contributed by atoms with Gasteiger partial charge in [0.05, 0.1) is 6.61 Å². The lowest BCUT2D eigenvalue weighted by molar-refractivity contribution is 0.308. The topological polar surface area (TPSA) is 9.23 Å². The molecule has 0 aliphatic heterocycles. The third kappa shape index (κ3) is 1.85. The standard InChI is InChI=1S/C12H16O/c1-2-3-8-13-12-7-6-10-4-5-11(10)9-12/h6-7,9H,2-5,8H2,1H3. The van der Waals surface area contributed by atoms with Crippen molar-refractivity contribution in [3.05, 3.63) is 29.3 Å². The van der Waals surface area contributed by atoms with Gasteiger partial charge in [0.1, 0.15) is 5.75 Å². The Morgan fingerprint density at radius 3 is 2.69 bits per heavy atom. The normalized spacial score (nSPS) is 13.3. The van der Waals surface area contributed by atoms with Crippen LogP contribution < -0.4 is 4.74 Å². The summed E-state index contributed by atoms with van der Waals surface area (Å²) in [6, 6.07) is 6.47. The first kappa shape index (κ1) is 8.61. The van der Waals surface area contributed by atoms with Crippen LogP contribution in [0.15, 0.2) is 18.2 Å². The lowest BCUT2D eigenvalue weighted by Gasteiger charge is -2.19. The van der Waals surface area contributed by atoms with Crippen molar-refractivity contribution >= 4 is 0 Å². The fraction of sp³-hybridized carbons (Fsp3) is 0.500. The highest BCUT2D eigenvalue weighted by atomic mass is 16.5. The zero-order valence-corrected chi connectivity index (χ0v) is 8.18. The molecule has 0 radical (unpaired) electrons. The smallest absolute Gasteiger partial charge is 0.119 e. The zero-order chi connectivity index (χ0) is 9.10. The van der Waals surface area contributed by atoms with Gasteiger partial charge in [-0.1, -0.05) is 19.4 Å². The monoisotopic (exact) mass is 176 g/mol. The molecule has 0 saturated heterocycles. The van der Waals surface area contributed by atoms with Crippen molar-refractivity contribution in [1.29, 1.82) is 0 Å². The van der Waals surface area contributed by atoms with Gasteiger partial charge in [-0.15, -0.1) is 0 Å². The third-order valence-corrected chi connectivity index (χ3v) is 2.61. The number of unbranched alkanes of at least 4 members (excludes halogenated alkanes) is 1. The molecular weight excluding hydrogens is 160 g/mol. The summed E-state index contributed by atoms with van der Waals surface area (Å²) < 4.78 is 5.62. The number of benzene rings is 1. The summed E-state index contributed by atoms with van der Waals surface area (Å²) in [4.78, 5) is 0. The Balaban J connectivity index is 1.93. The fourth-order valence-electron chi connectivity index (χ4n) is 1.60. The number of ether oxygens (including phenoxy) is 1. The van der Waals surface area contributed by atoms with Gasteiger partial charge in [0.15, 0.2) is 0 Å². The molecule has 0 bridgehead atoms. The predicted molar refractivity (Wildman–Crippen MR) is 54.3 cm³/mol. The van der Waals surface area contributed by atoms with Crippen molar-refractivity contribution in [3.8, 4) is 5.75 Å². The van der Waals surface area contributed by atoms with Gasteiger partial charge < -0.3 is 4.74 Å². The Morgan fingerprint density at radius 1 is 1.23 bits per heavy atom. The van der Waals surface area contributed by atoms with Gasteiger partial charge in [0.2, 0.25) is 0 Å². The lowest BCUT2D eigenvalue weighted by atomic mass is 9.89. The molecule has 1 nitrogen and oxygen atoms in total. The van der Waals surface area contributed by atoms with Gasteiger partial charge in [-0.25, -0.2) is 0 Å². The first-order chi connectivity index (χ1) is 6.40. The molecule has 0 spiro atoms. The van der Waals surface area contributed by atoms with Gasteiger partial charge in [0, 0.05) is 0 Å². The molecule has 0 saturated carbocycles. The van der Waals surface area contributed by atoms with E-state index in [4.69, 9.17) is 4.74 Å². The van der Waals surface area contributed by atoms with E-state index < -0.39 is 0 Å². The second kappa shape index (κ2) is 3.82. The Morgan fingerprint density at radius 2 is 2.08 bits per heavy atom. The first-order valence-electron chi connectivity index (χ1n) is 5.15. The summed E-state index contributed by atoms with van der Waals surface area (Å²) in [6.07, 6.45) is 4.84. The summed E-state index contributed by atoms with van der Waals surface area (Å²) in [5.41, 5.74) is 2.98. The molecule has 0 heterocycles. The van der Waals surface area contributed by atoms with Crippen LogP contribution in [0.5, 0.6) is 5.75 Å². The molecule has 1 aromatic carbocycles. The Bertz CT molecular complexity index is 291. The highest BCUT2D eigenvalue weighted by molar-refractivity contribution is 5.41. The molecular formula is C12H16O. The maximum absolute atomic E-state index is 5.62. The first-order valence-corrected chi connectivity index (χ1v) is 5.15.